The smallest absolute Gasteiger partial charge is 0.214 e. The first kappa shape index (κ1) is 19.9. The van der Waals surface area contributed by atoms with Crippen LogP contribution in [-0.4, -0.2) is 59.8 Å². The summed E-state index contributed by atoms with van der Waals surface area (Å²) in [7, 11) is 4.14. The van der Waals surface area contributed by atoms with Crippen molar-refractivity contribution in [3.05, 3.63) is 35.0 Å². The maximum absolute atomic E-state index is 14.9. The van der Waals surface area contributed by atoms with Crippen LogP contribution in [0.1, 0.15) is 13.3 Å². The second-order valence-electron chi connectivity index (χ2n) is 7.49. The van der Waals surface area contributed by atoms with Gasteiger partial charge in [-0.05, 0) is 56.4 Å². The molecule has 1 aromatic rings. The van der Waals surface area contributed by atoms with Gasteiger partial charge in [-0.1, -0.05) is 24.6 Å². The molecule has 3 atom stereocenters. The summed E-state index contributed by atoms with van der Waals surface area (Å²) in [6.45, 7) is 5.00. The molecule has 3 unspecified atom stereocenters. The van der Waals surface area contributed by atoms with E-state index < -0.39 is 11.2 Å². The number of hydrogen-bond acceptors (Lipinski definition) is 5. The van der Waals surface area contributed by atoms with E-state index in [0.29, 0.717) is 16.8 Å². The number of anilines is 1. The summed E-state index contributed by atoms with van der Waals surface area (Å²) in [6, 6.07) is 4.46. The lowest BCUT2D eigenvalue weighted by Gasteiger charge is -2.47. The molecule has 1 aromatic heterocycles. The first-order valence-corrected chi connectivity index (χ1v) is 10.1. The van der Waals surface area contributed by atoms with Crippen molar-refractivity contribution in [2.45, 2.75) is 24.6 Å². The molecule has 1 aliphatic carbocycles. The Hall–Kier alpha value is -0.890. The molecular formula is C18H25ClF2N4S. The predicted octanol–water partition coefficient (Wildman–Crippen LogP) is 3.97. The van der Waals surface area contributed by atoms with Crippen LogP contribution in [-0.2, 0) is 0 Å². The third-order valence-corrected chi connectivity index (χ3v) is 6.62. The van der Waals surface area contributed by atoms with E-state index in [1.54, 1.807) is 12.1 Å². The van der Waals surface area contributed by atoms with E-state index in [4.69, 9.17) is 11.6 Å². The van der Waals surface area contributed by atoms with E-state index in [9.17, 15) is 8.78 Å². The summed E-state index contributed by atoms with van der Waals surface area (Å²) in [5, 5.41) is -0.0828. The van der Waals surface area contributed by atoms with E-state index in [-0.39, 0.29) is 17.8 Å². The minimum atomic E-state index is -0.563. The number of rotatable bonds is 6. The van der Waals surface area contributed by atoms with Gasteiger partial charge in [0, 0.05) is 25.7 Å². The van der Waals surface area contributed by atoms with Crippen molar-refractivity contribution in [1.82, 2.24) is 14.8 Å². The summed E-state index contributed by atoms with van der Waals surface area (Å²) >= 11 is 7.60. The van der Waals surface area contributed by atoms with Gasteiger partial charge in [0.1, 0.15) is 11.6 Å². The molecule has 0 bridgehead atoms. The van der Waals surface area contributed by atoms with Gasteiger partial charge in [-0.15, -0.1) is 0 Å². The summed E-state index contributed by atoms with van der Waals surface area (Å²) in [6.07, 6.45) is 0.816. The Bertz CT molecular complexity index is 666. The molecule has 2 aliphatic rings. The number of nitrogens with one attached hydrogen (secondary N) is 1. The number of aromatic nitrogens is 1. The van der Waals surface area contributed by atoms with Crippen molar-refractivity contribution >= 4 is 29.4 Å². The zero-order chi connectivity index (χ0) is 18.8. The Kier molecular flexibility index (Phi) is 6.43. The summed E-state index contributed by atoms with van der Waals surface area (Å²) < 4.78 is 31.0. The molecule has 0 amide bonds. The Morgan fingerprint density at radius 2 is 2.08 bits per heavy atom. The van der Waals surface area contributed by atoms with E-state index in [1.165, 1.54) is 18.0 Å². The zero-order valence-corrected chi connectivity index (χ0v) is 16.8. The van der Waals surface area contributed by atoms with Crippen molar-refractivity contribution in [3.63, 3.8) is 0 Å². The first-order valence-electron chi connectivity index (χ1n) is 8.83. The van der Waals surface area contributed by atoms with Gasteiger partial charge in [0.05, 0.1) is 10.3 Å². The quantitative estimate of drug-likeness (QED) is 0.574. The zero-order valence-electron chi connectivity index (χ0n) is 15.3. The fraction of sp³-hybridized carbons (Fsp3) is 0.611. The van der Waals surface area contributed by atoms with E-state index in [2.05, 4.69) is 33.6 Å². The Balaban J connectivity index is 1.61. The van der Waals surface area contributed by atoms with Crippen LogP contribution in [0.2, 0.25) is 0 Å². The van der Waals surface area contributed by atoms with Crippen LogP contribution < -0.4 is 4.72 Å². The predicted molar refractivity (Wildman–Crippen MR) is 104 cm³/mol. The first-order chi connectivity index (χ1) is 12.3. The van der Waals surface area contributed by atoms with Gasteiger partial charge in [-0.2, -0.15) is 4.39 Å². The van der Waals surface area contributed by atoms with Crippen LogP contribution in [0.5, 0.6) is 0 Å². The molecule has 3 rings (SSSR count). The van der Waals surface area contributed by atoms with Crippen LogP contribution in [0.25, 0.3) is 0 Å². The summed E-state index contributed by atoms with van der Waals surface area (Å²) in [5.41, 5.74) is 0. The normalized spacial score (nSPS) is 27.7. The number of pyridine rings is 1. The third kappa shape index (κ3) is 4.50. The molecule has 2 heterocycles. The van der Waals surface area contributed by atoms with Crippen LogP contribution >= 0.6 is 23.5 Å². The molecule has 0 radical (unpaired) electrons. The Labute approximate surface area is 163 Å². The largest absolute Gasteiger partial charge is 0.314 e. The molecule has 1 N–H and O–H groups in total. The molecule has 1 fully saturated rings. The molecule has 4 nitrogen and oxygen atoms in total. The van der Waals surface area contributed by atoms with Crippen LogP contribution in [0.15, 0.2) is 29.1 Å². The lowest BCUT2D eigenvalue weighted by Crippen LogP contribution is -2.56. The molecule has 26 heavy (non-hydrogen) atoms. The molecule has 0 spiro atoms. The third-order valence-electron chi connectivity index (χ3n) is 4.94. The van der Waals surface area contributed by atoms with Gasteiger partial charge in [0.25, 0.3) is 0 Å². The maximum Gasteiger partial charge on any atom is 0.214 e. The Morgan fingerprint density at radius 1 is 1.35 bits per heavy atom. The second-order valence-corrected chi connectivity index (χ2v) is 8.85. The van der Waals surface area contributed by atoms with Crippen LogP contribution in [0.3, 0.4) is 0 Å². The highest BCUT2D eigenvalue weighted by Gasteiger charge is 2.41. The van der Waals surface area contributed by atoms with Gasteiger partial charge >= 0.3 is 0 Å². The minimum Gasteiger partial charge on any atom is -0.314 e. The van der Waals surface area contributed by atoms with E-state index in [0.717, 1.165) is 26.1 Å². The summed E-state index contributed by atoms with van der Waals surface area (Å²) in [4.78, 5) is 8.20. The van der Waals surface area contributed by atoms with Gasteiger partial charge in [0.2, 0.25) is 5.95 Å². The van der Waals surface area contributed by atoms with Gasteiger partial charge in [0.15, 0.2) is 0 Å². The standard InChI is InChI=1S/C18H25ClF2N4S/c1-11-7-13(25-9-12(10-25)8-24(2)3)16(19)17(21)18(11)26-23-15-6-4-5-14(20)22-15/h4-6,11-13,18H,7-10H2,1-3H3,(H,22,23). The highest BCUT2D eigenvalue weighted by atomic mass is 35.5. The molecule has 1 saturated heterocycles. The van der Waals surface area contributed by atoms with Crippen molar-refractivity contribution in [1.29, 1.82) is 0 Å². The van der Waals surface area contributed by atoms with Crippen molar-refractivity contribution in [2.75, 3.05) is 38.5 Å². The lowest BCUT2D eigenvalue weighted by molar-refractivity contribution is 0.0418. The van der Waals surface area contributed by atoms with Gasteiger partial charge < -0.3 is 9.62 Å². The highest BCUT2D eigenvalue weighted by Crippen LogP contribution is 2.43. The molecule has 1 aliphatic heterocycles. The number of likely N-dealkylation sites (tertiary alicyclic amines) is 1. The average Bonchev–Trinajstić information content (AvgIpc) is 2.54. The van der Waals surface area contributed by atoms with E-state index >= 15 is 0 Å². The fourth-order valence-corrected chi connectivity index (χ4v) is 5.03. The second kappa shape index (κ2) is 8.42. The number of hydrogen-bond donors (Lipinski definition) is 1. The molecule has 0 saturated carbocycles. The maximum atomic E-state index is 14.9. The molecule has 8 heteroatoms. The molecular weight excluding hydrogens is 378 g/mol. The van der Waals surface area contributed by atoms with E-state index in [1.807, 2.05) is 6.92 Å². The molecule has 144 valence electrons. The van der Waals surface area contributed by atoms with Crippen molar-refractivity contribution < 1.29 is 8.78 Å². The summed E-state index contributed by atoms with van der Waals surface area (Å²) in [5.74, 6) is 0.275. The van der Waals surface area contributed by atoms with Crippen molar-refractivity contribution in [2.24, 2.45) is 11.8 Å². The lowest BCUT2D eigenvalue weighted by atomic mass is 9.86. The Morgan fingerprint density at radius 3 is 2.73 bits per heavy atom. The van der Waals surface area contributed by atoms with Gasteiger partial charge in [-0.3, -0.25) is 4.90 Å². The average molecular weight is 403 g/mol. The van der Waals surface area contributed by atoms with Crippen molar-refractivity contribution in [3.8, 4) is 0 Å². The van der Waals surface area contributed by atoms with Gasteiger partial charge in [-0.25, -0.2) is 9.37 Å². The highest BCUT2D eigenvalue weighted by molar-refractivity contribution is 8.01. The molecule has 0 aromatic carbocycles. The number of nitrogens with zero attached hydrogens (tertiary/aromatic N) is 3. The minimum absolute atomic E-state index is 0.0331. The topological polar surface area (TPSA) is 31.4 Å². The van der Waals surface area contributed by atoms with Crippen LogP contribution in [0, 0.1) is 17.8 Å². The number of halogens is 3. The fourth-order valence-electron chi connectivity index (χ4n) is 3.69. The monoisotopic (exact) mass is 402 g/mol. The van der Waals surface area contributed by atoms with Crippen LogP contribution in [0.4, 0.5) is 14.6 Å². The SMILES string of the molecule is CC1CC(N2CC(CN(C)C)C2)C(Cl)=C(F)C1SNc1cccc(F)n1.